The van der Waals surface area contributed by atoms with Crippen LogP contribution in [0.1, 0.15) is 17.0 Å². The van der Waals surface area contributed by atoms with Crippen molar-refractivity contribution in [3.8, 4) is 11.5 Å². The lowest BCUT2D eigenvalue weighted by Crippen LogP contribution is -1.98. The van der Waals surface area contributed by atoms with E-state index >= 15 is 0 Å². The van der Waals surface area contributed by atoms with Gasteiger partial charge in [0.15, 0.2) is 17.3 Å². The van der Waals surface area contributed by atoms with Gasteiger partial charge in [-0.25, -0.2) is 0 Å². The fraction of sp³-hybridized carbons (Fsp3) is 0.167. The standard InChI is InChI=1S/C18H16BrN5O4S/c1-11-21-22-18(29-10-12-3-5-14(19)6-4-12)23(11)20-9-13-7-15(24(26)27)8-16(28-2)17(13)25/h3-9,25H,10H2,1-2H3/b20-9+. The molecule has 0 amide bonds. The van der Waals surface area contributed by atoms with Crippen LogP contribution in [-0.2, 0) is 5.75 Å². The second-order valence-corrected chi connectivity index (χ2v) is 7.70. The number of thioether (sulfide) groups is 1. The maximum atomic E-state index is 11.1. The molecule has 0 aliphatic carbocycles. The highest BCUT2D eigenvalue weighted by atomic mass is 79.9. The van der Waals surface area contributed by atoms with Gasteiger partial charge in [-0.15, -0.1) is 10.2 Å². The second kappa shape index (κ2) is 9.05. The lowest BCUT2D eigenvalue weighted by atomic mass is 10.2. The summed E-state index contributed by atoms with van der Waals surface area (Å²) in [5, 5.41) is 34.4. The van der Waals surface area contributed by atoms with Gasteiger partial charge in [-0.1, -0.05) is 39.8 Å². The zero-order valence-corrected chi connectivity index (χ0v) is 17.8. The Labute approximate surface area is 178 Å². The number of nitro benzene ring substituents is 1. The van der Waals surface area contributed by atoms with Crippen molar-refractivity contribution >= 4 is 39.6 Å². The lowest BCUT2D eigenvalue weighted by molar-refractivity contribution is -0.385. The Morgan fingerprint density at radius 2 is 2.07 bits per heavy atom. The van der Waals surface area contributed by atoms with Crippen LogP contribution in [0.25, 0.3) is 0 Å². The number of methoxy groups -OCH3 is 1. The molecule has 0 aliphatic heterocycles. The molecular formula is C18H16BrN5O4S. The van der Waals surface area contributed by atoms with Gasteiger partial charge >= 0.3 is 0 Å². The zero-order valence-electron chi connectivity index (χ0n) is 15.4. The number of benzene rings is 2. The number of hydrogen-bond acceptors (Lipinski definition) is 8. The first-order valence-corrected chi connectivity index (χ1v) is 10.1. The molecule has 0 radical (unpaired) electrons. The molecule has 0 spiro atoms. The zero-order chi connectivity index (χ0) is 21.0. The molecule has 2 aromatic carbocycles. The number of phenolic OH excluding ortho intramolecular Hbond substituents is 1. The molecule has 0 unspecified atom stereocenters. The van der Waals surface area contributed by atoms with E-state index < -0.39 is 4.92 Å². The normalized spacial score (nSPS) is 11.1. The van der Waals surface area contributed by atoms with Crippen molar-refractivity contribution in [2.24, 2.45) is 5.10 Å². The third-order valence-electron chi connectivity index (χ3n) is 3.88. The van der Waals surface area contributed by atoms with E-state index in [4.69, 9.17) is 4.74 Å². The highest BCUT2D eigenvalue weighted by Gasteiger charge is 2.16. The topological polar surface area (TPSA) is 116 Å². The highest BCUT2D eigenvalue weighted by Crippen LogP contribution is 2.33. The summed E-state index contributed by atoms with van der Waals surface area (Å²) in [7, 11) is 1.32. The first-order chi connectivity index (χ1) is 13.9. The number of ether oxygens (including phenoxy) is 1. The molecule has 29 heavy (non-hydrogen) atoms. The number of aromatic hydroxyl groups is 1. The Bertz CT molecular complexity index is 1070. The molecule has 3 aromatic rings. The van der Waals surface area contributed by atoms with Crippen molar-refractivity contribution < 1.29 is 14.8 Å². The van der Waals surface area contributed by atoms with Crippen molar-refractivity contribution in [2.45, 2.75) is 17.8 Å². The maximum absolute atomic E-state index is 11.1. The first-order valence-electron chi connectivity index (χ1n) is 8.28. The number of nitro groups is 1. The molecule has 0 aliphatic rings. The van der Waals surface area contributed by atoms with Crippen LogP contribution in [0.4, 0.5) is 5.69 Å². The van der Waals surface area contributed by atoms with Gasteiger partial charge in [0.1, 0.15) is 0 Å². The number of halogens is 1. The molecular weight excluding hydrogens is 462 g/mol. The van der Waals surface area contributed by atoms with Gasteiger partial charge in [0.2, 0.25) is 5.16 Å². The second-order valence-electron chi connectivity index (χ2n) is 5.84. The van der Waals surface area contributed by atoms with Gasteiger partial charge < -0.3 is 9.84 Å². The largest absolute Gasteiger partial charge is 0.504 e. The summed E-state index contributed by atoms with van der Waals surface area (Å²) in [6.07, 6.45) is 1.31. The summed E-state index contributed by atoms with van der Waals surface area (Å²) < 4.78 is 7.51. The number of non-ortho nitro benzene ring substituents is 1. The summed E-state index contributed by atoms with van der Waals surface area (Å²) in [6.45, 7) is 1.74. The summed E-state index contributed by atoms with van der Waals surface area (Å²) in [6, 6.07) is 10.3. The molecule has 150 valence electrons. The first kappa shape index (κ1) is 20.8. The average Bonchev–Trinajstić information content (AvgIpc) is 3.06. The number of aryl methyl sites for hydroxylation is 1. The fourth-order valence-electron chi connectivity index (χ4n) is 2.38. The number of aromatic nitrogens is 3. The number of phenols is 1. The minimum absolute atomic E-state index is 0.00837. The summed E-state index contributed by atoms with van der Waals surface area (Å²) >= 11 is 4.85. The molecule has 0 saturated carbocycles. The monoisotopic (exact) mass is 477 g/mol. The summed E-state index contributed by atoms with van der Waals surface area (Å²) in [5.41, 5.74) is 1.04. The van der Waals surface area contributed by atoms with Crippen LogP contribution in [-0.4, -0.2) is 38.2 Å². The Morgan fingerprint density at radius 1 is 1.34 bits per heavy atom. The van der Waals surface area contributed by atoms with Gasteiger partial charge in [-0.3, -0.25) is 10.1 Å². The van der Waals surface area contributed by atoms with E-state index in [1.807, 2.05) is 24.3 Å². The smallest absolute Gasteiger partial charge is 0.274 e. The molecule has 0 fully saturated rings. The van der Waals surface area contributed by atoms with Crippen molar-refractivity contribution in [3.05, 3.63) is 67.9 Å². The molecule has 9 nitrogen and oxygen atoms in total. The van der Waals surface area contributed by atoms with E-state index in [0.717, 1.165) is 16.1 Å². The minimum Gasteiger partial charge on any atom is -0.504 e. The van der Waals surface area contributed by atoms with Crippen molar-refractivity contribution in [1.82, 2.24) is 14.9 Å². The van der Waals surface area contributed by atoms with Crippen LogP contribution in [0, 0.1) is 17.0 Å². The number of nitrogens with zero attached hydrogens (tertiary/aromatic N) is 5. The lowest BCUT2D eigenvalue weighted by Gasteiger charge is -2.06. The van der Waals surface area contributed by atoms with Crippen LogP contribution in [0.15, 0.2) is 51.1 Å². The number of hydrogen-bond donors (Lipinski definition) is 1. The average molecular weight is 478 g/mol. The third kappa shape index (κ3) is 4.93. The Balaban J connectivity index is 1.86. The van der Waals surface area contributed by atoms with Crippen LogP contribution < -0.4 is 4.74 Å². The minimum atomic E-state index is -0.567. The predicted molar refractivity (Wildman–Crippen MR) is 113 cm³/mol. The molecule has 1 aromatic heterocycles. The van der Waals surface area contributed by atoms with Crippen LogP contribution in [0.3, 0.4) is 0 Å². The van der Waals surface area contributed by atoms with E-state index in [2.05, 4.69) is 31.2 Å². The SMILES string of the molecule is COc1cc([N+](=O)[O-])cc(/C=N/n2c(C)nnc2SCc2ccc(Br)cc2)c1O. The van der Waals surface area contributed by atoms with Gasteiger partial charge in [-0.2, -0.15) is 9.78 Å². The fourth-order valence-corrected chi connectivity index (χ4v) is 3.54. The van der Waals surface area contributed by atoms with Gasteiger partial charge in [0, 0.05) is 21.9 Å². The quantitative estimate of drug-likeness (QED) is 0.235. The molecule has 11 heteroatoms. The van der Waals surface area contributed by atoms with Crippen molar-refractivity contribution in [3.63, 3.8) is 0 Å². The molecule has 0 atom stereocenters. The van der Waals surface area contributed by atoms with E-state index in [9.17, 15) is 15.2 Å². The maximum Gasteiger partial charge on any atom is 0.274 e. The van der Waals surface area contributed by atoms with Crippen LogP contribution in [0.5, 0.6) is 11.5 Å². The van der Waals surface area contributed by atoms with Crippen LogP contribution >= 0.6 is 27.7 Å². The van der Waals surface area contributed by atoms with E-state index in [1.165, 1.54) is 35.8 Å². The Kier molecular flexibility index (Phi) is 6.49. The summed E-state index contributed by atoms with van der Waals surface area (Å²) in [4.78, 5) is 10.5. The van der Waals surface area contributed by atoms with E-state index in [1.54, 1.807) is 6.92 Å². The Hall–Kier alpha value is -2.92. The third-order valence-corrected chi connectivity index (χ3v) is 5.40. The Morgan fingerprint density at radius 3 is 2.72 bits per heavy atom. The summed E-state index contributed by atoms with van der Waals surface area (Å²) in [5.74, 6) is 0.954. The van der Waals surface area contributed by atoms with Gasteiger partial charge in [-0.05, 0) is 24.6 Å². The van der Waals surface area contributed by atoms with Gasteiger partial charge in [0.05, 0.1) is 24.3 Å². The van der Waals surface area contributed by atoms with Gasteiger partial charge in [0.25, 0.3) is 5.69 Å². The van der Waals surface area contributed by atoms with Crippen molar-refractivity contribution in [2.75, 3.05) is 7.11 Å². The van der Waals surface area contributed by atoms with Crippen molar-refractivity contribution in [1.29, 1.82) is 0 Å². The predicted octanol–water partition coefficient (Wildman–Crippen LogP) is 4.15. The molecule has 0 saturated heterocycles. The van der Waals surface area contributed by atoms with E-state index in [0.29, 0.717) is 16.7 Å². The highest BCUT2D eigenvalue weighted by molar-refractivity contribution is 9.10. The molecule has 3 rings (SSSR count). The molecule has 1 heterocycles. The number of rotatable bonds is 7. The van der Waals surface area contributed by atoms with E-state index in [-0.39, 0.29) is 22.7 Å². The molecule has 0 bridgehead atoms. The van der Waals surface area contributed by atoms with Crippen LogP contribution in [0.2, 0.25) is 0 Å². The molecule has 1 N–H and O–H groups in total.